The molecule has 1 aromatic heterocycles. The molecule has 0 amide bonds. The van der Waals surface area contributed by atoms with Crippen LogP contribution in [0.15, 0.2) is 36.7 Å². The molecule has 2 aromatic rings. The number of carbonyl (C=O) groups is 1. The van der Waals surface area contributed by atoms with Gasteiger partial charge in [-0.15, -0.1) is 0 Å². The van der Waals surface area contributed by atoms with Crippen molar-refractivity contribution in [3.63, 3.8) is 0 Å². The monoisotopic (exact) mass is 229 g/mol. The zero-order chi connectivity index (χ0) is 12.4. The number of carbonyl (C=O) groups excluding carboxylic acids is 1. The van der Waals surface area contributed by atoms with Crippen LogP contribution in [-0.2, 0) is 0 Å². The lowest BCUT2D eigenvalue weighted by molar-refractivity contribution is 0.0958. The topological polar surface area (TPSA) is 38.1 Å². The Labute approximate surface area is 101 Å². The lowest BCUT2D eigenvalue weighted by atomic mass is 10.1. The number of nitrogens with zero attached hydrogens (tertiary/aromatic N) is 3. The largest absolute Gasteiger partial charge is 0.377 e. The van der Waals surface area contributed by atoms with Gasteiger partial charge in [-0.1, -0.05) is 12.1 Å². The average Bonchev–Trinajstić information content (AvgIpc) is 2.74. The van der Waals surface area contributed by atoms with Crippen LogP contribution in [0.4, 0.5) is 5.69 Å². The molecule has 1 heterocycles. The molecule has 4 heteroatoms. The van der Waals surface area contributed by atoms with Gasteiger partial charge in [0.25, 0.3) is 5.91 Å². The second-order valence-corrected chi connectivity index (χ2v) is 4.06. The standard InChI is InChI=1S/C13H15N3O/c1-10-14-8-9-16(10)13(17)11-6-4-5-7-12(11)15(2)3/h4-9H,1-3H3. The highest BCUT2D eigenvalue weighted by atomic mass is 16.2. The van der Waals surface area contributed by atoms with Gasteiger partial charge in [0.15, 0.2) is 0 Å². The lowest BCUT2D eigenvalue weighted by Crippen LogP contribution is -2.18. The quantitative estimate of drug-likeness (QED) is 0.790. The van der Waals surface area contributed by atoms with E-state index in [1.54, 1.807) is 17.0 Å². The molecule has 4 nitrogen and oxygen atoms in total. The number of benzene rings is 1. The zero-order valence-electron chi connectivity index (χ0n) is 10.2. The Hall–Kier alpha value is -2.10. The van der Waals surface area contributed by atoms with Gasteiger partial charge in [-0.3, -0.25) is 9.36 Å². The van der Waals surface area contributed by atoms with E-state index in [1.165, 1.54) is 0 Å². The summed E-state index contributed by atoms with van der Waals surface area (Å²) in [6, 6.07) is 7.55. The van der Waals surface area contributed by atoms with Gasteiger partial charge in [-0.2, -0.15) is 0 Å². The molecular formula is C13H15N3O. The molecule has 0 saturated carbocycles. The van der Waals surface area contributed by atoms with Gasteiger partial charge in [0.1, 0.15) is 5.82 Å². The van der Waals surface area contributed by atoms with Crippen LogP contribution in [0.3, 0.4) is 0 Å². The van der Waals surface area contributed by atoms with Crippen LogP contribution in [0.5, 0.6) is 0 Å². The summed E-state index contributed by atoms with van der Waals surface area (Å²) in [7, 11) is 3.85. The van der Waals surface area contributed by atoms with Crippen LogP contribution in [0, 0.1) is 6.92 Å². The zero-order valence-corrected chi connectivity index (χ0v) is 10.2. The highest BCUT2D eigenvalue weighted by molar-refractivity contribution is 6.01. The number of imidazole rings is 1. The van der Waals surface area contributed by atoms with Crippen molar-refractivity contribution >= 4 is 11.6 Å². The Morgan fingerprint density at radius 1 is 1.29 bits per heavy atom. The van der Waals surface area contributed by atoms with Crippen molar-refractivity contribution in [1.29, 1.82) is 0 Å². The maximum absolute atomic E-state index is 12.3. The number of aryl methyl sites for hydroxylation is 1. The van der Waals surface area contributed by atoms with Crippen LogP contribution in [0.1, 0.15) is 16.2 Å². The number of anilines is 1. The van der Waals surface area contributed by atoms with Crippen molar-refractivity contribution in [1.82, 2.24) is 9.55 Å². The molecule has 17 heavy (non-hydrogen) atoms. The summed E-state index contributed by atoms with van der Waals surface area (Å²) in [6.45, 7) is 1.82. The molecular weight excluding hydrogens is 214 g/mol. The number of hydrogen-bond acceptors (Lipinski definition) is 3. The number of hydrogen-bond donors (Lipinski definition) is 0. The van der Waals surface area contributed by atoms with E-state index in [9.17, 15) is 4.79 Å². The van der Waals surface area contributed by atoms with Gasteiger partial charge < -0.3 is 4.90 Å². The minimum absolute atomic E-state index is 0.0516. The molecule has 0 spiro atoms. The molecule has 0 aliphatic rings. The third-order valence-electron chi connectivity index (χ3n) is 2.66. The predicted octanol–water partition coefficient (Wildman–Crippen LogP) is 1.95. The molecule has 0 fully saturated rings. The molecule has 2 rings (SSSR count). The summed E-state index contributed by atoms with van der Waals surface area (Å²) in [5.41, 5.74) is 1.59. The van der Waals surface area contributed by atoms with Crippen molar-refractivity contribution < 1.29 is 4.79 Å². The Bertz CT molecular complexity index is 543. The Morgan fingerprint density at radius 2 is 2.00 bits per heavy atom. The summed E-state index contributed by atoms with van der Waals surface area (Å²) in [5.74, 6) is 0.646. The molecule has 0 unspecified atom stereocenters. The van der Waals surface area contributed by atoms with Crippen molar-refractivity contribution in [3.05, 3.63) is 48.0 Å². The van der Waals surface area contributed by atoms with Gasteiger partial charge in [0.2, 0.25) is 0 Å². The molecule has 0 atom stereocenters. The lowest BCUT2D eigenvalue weighted by Gasteiger charge is -2.16. The van der Waals surface area contributed by atoms with Crippen LogP contribution in [0.2, 0.25) is 0 Å². The Kier molecular flexibility index (Phi) is 2.95. The van der Waals surface area contributed by atoms with E-state index in [2.05, 4.69) is 4.98 Å². The molecule has 0 N–H and O–H groups in total. The maximum Gasteiger partial charge on any atom is 0.265 e. The van der Waals surface area contributed by atoms with Gasteiger partial charge in [-0.25, -0.2) is 4.98 Å². The second-order valence-electron chi connectivity index (χ2n) is 4.06. The smallest absolute Gasteiger partial charge is 0.265 e. The first-order chi connectivity index (χ1) is 8.11. The van der Waals surface area contributed by atoms with E-state index >= 15 is 0 Å². The third kappa shape index (κ3) is 2.06. The summed E-state index contributed by atoms with van der Waals surface area (Å²) in [5, 5.41) is 0. The number of aromatic nitrogens is 2. The molecule has 1 aromatic carbocycles. The summed E-state index contributed by atoms with van der Waals surface area (Å²) in [6.07, 6.45) is 3.32. The van der Waals surface area contributed by atoms with Crippen LogP contribution in [0.25, 0.3) is 0 Å². The molecule has 0 bridgehead atoms. The van der Waals surface area contributed by atoms with Crippen LogP contribution < -0.4 is 4.90 Å². The van der Waals surface area contributed by atoms with E-state index in [0.29, 0.717) is 11.4 Å². The normalized spacial score (nSPS) is 10.3. The molecule has 88 valence electrons. The Morgan fingerprint density at radius 3 is 2.59 bits per heavy atom. The molecule has 0 aliphatic carbocycles. The summed E-state index contributed by atoms with van der Waals surface area (Å²) < 4.78 is 1.56. The van der Waals surface area contributed by atoms with Crippen molar-refractivity contribution in [3.8, 4) is 0 Å². The van der Waals surface area contributed by atoms with E-state index in [4.69, 9.17) is 0 Å². The second kappa shape index (κ2) is 4.41. The summed E-state index contributed by atoms with van der Waals surface area (Å²) in [4.78, 5) is 18.3. The van der Waals surface area contributed by atoms with Gasteiger partial charge in [0.05, 0.1) is 5.56 Å². The molecule has 0 saturated heterocycles. The highest BCUT2D eigenvalue weighted by Gasteiger charge is 2.15. The van der Waals surface area contributed by atoms with Crippen molar-refractivity contribution in [2.45, 2.75) is 6.92 Å². The molecule has 0 radical (unpaired) electrons. The number of rotatable bonds is 2. The fraction of sp³-hybridized carbons (Fsp3) is 0.231. The first-order valence-corrected chi connectivity index (χ1v) is 5.42. The minimum atomic E-state index is -0.0516. The first kappa shape index (κ1) is 11.4. The van der Waals surface area contributed by atoms with Crippen LogP contribution >= 0.6 is 0 Å². The summed E-state index contributed by atoms with van der Waals surface area (Å²) >= 11 is 0. The van der Waals surface area contributed by atoms with Crippen molar-refractivity contribution in [2.24, 2.45) is 0 Å². The van der Waals surface area contributed by atoms with E-state index in [0.717, 1.165) is 5.69 Å². The fourth-order valence-corrected chi connectivity index (χ4v) is 1.77. The minimum Gasteiger partial charge on any atom is -0.377 e. The van der Waals surface area contributed by atoms with Gasteiger partial charge in [-0.05, 0) is 19.1 Å². The highest BCUT2D eigenvalue weighted by Crippen LogP contribution is 2.19. The predicted molar refractivity (Wildman–Crippen MR) is 67.5 cm³/mol. The van der Waals surface area contributed by atoms with Crippen LogP contribution in [-0.4, -0.2) is 29.6 Å². The average molecular weight is 229 g/mol. The fourth-order valence-electron chi connectivity index (χ4n) is 1.77. The number of para-hydroxylation sites is 1. The molecule has 0 aliphatic heterocycles. The van der Waals surface area contributed by atoms with E-state index in [-0.39, 0.29) is 5.91 Å². The Balaban J connectivity index is 2.48. The van der Waals surface area contributed by atoms with E-state index < -0.39 is 0 Å². The maximum atomic E-state index is 12.3. The third-order valence-corrected chi connectivity index (χ3v) is 2.66. The first-order valence-electron chi connectivity index (χ1n) is 5.42. The van der Waals surface area contributed by atoms with Gasteiger partial charge in [0, 0.05) is 32.2 Å². The SMILES string of the molecule is Cc1nccn1C(=O)c1ccccc1N(C)C. The van der Waals surface area contributed by atoms with E-state index in [1.807, 2.05) is 50.2 Å². The van der Waals surface area contributed by atoms with Gasteiger partial charge >= 0.3 is 0 Å². The van der Waals surface area contributed by atoms with Crippen molar-refractivity contribution in [2.75, 3.05) is 19.0 Å².